The standard InChI is InChI=1S/C14H20N2O4/c1-9-6-10(2)8-11(7-9)15-14(19)16-12(13(17)18)4-5-20-3/h6-8,12H,4-5H2,1-3H3,(H,17,18)(H2,15,16,19). The van der Waals surface area contributed by atoms with Gasteiger partial charge in [-0.3, -0.25) is 0 Å². The molecule has 0 aliphatic carbocycles. The van der Waals surface area contributed by atoms with Crippen LogP contribution in [0.3, 0.4) is 0 Å². The van der Waals surface area contributed by atoms with Gasteiger partial charge in [-0.1, -0.05) is 6.07 Å². The fraction of sp³-hybridized carbons (Fsp3) is 0.429. The number of aliphatic carboxylic acids is 1. The Morgan fingerprint density at radius 1 is 1.25 bits per heavy atom. The van der Waals surface area contributed by atoms with E-state index in [4.69, 9.17) is 9.84 Å². The number of carboxylic acid groups (broad SMARTS) is 1. The van der Waals surface area contributed by atoms with Crippen LogP contribution in [0.4, 0.5) is 10.5 Å². The molecule has 0 radical (unpaired) electrons. The van der Waals surface area contributed by atoms with Crippen LogP contribution in [0, 0.1) is 13.8 Å². The van der Waals surface area contributed by atoms with E-state index >= 15 is 0 Å². The first-order chi connectivity index (χ1) is 9.42. The molecule has 0 aromatic heterocycles. The van der Waals surface area contributed by atoms with E-state index in [0.717, 1.165) is 11.1 Å². The number of amides is 2. The molecule has 20 heavy (non-hydrogen) atoms. The summed E-state index contributed by atoms with van der Waals surface area (Å²) < 4.78 is 4.82. The molecule has 0 spiro atoms. The first-order valence-corrected chi connectivity index (χ1v) is 6.30. The molecule has 110 valence electrons. The molecule has 0 bridgehead atoms. The summed E-state index contributed by atoms with van der Waals surface area (Å²) in [5.74, 6) is -1.09. The van der Waals surface area contributed by atoms with Crippen LogP contribution in [0.25, 0.3) is 0 Å². The number of rotatable bonds is 6. The van der Waals surface area contributed by atoms with Gasteiger partial charge < -0.3 is 20.5 Å². The Kier molecular flexibility index (Phi) is 5.99. The van der Waals surface area contributed by atoms with Gasteiger partial charge in [-0.05, 0) is 37.1 Å². The Morgan fingerprint density at radius 2 is 1.85 bits per heavy atom. The zero-order valence-corrected chi connectivity index (χ0v) is 11.9. The maximum absolute atomic E-state index is 11.8. The number of anilines is 1. The number of nitrogens with one attached hydrogen (secondary N) is 2. The fourth-order valence-corrected chi connectivity index (χ4v) is 1.87. The van der Waals surface area contributed by atoms with Gasteiger partial charge in [0.1, 0.15) is 6.04 Å². The highest BCUT2D eigenvalue weighted by atomic mass is 16.5. The second-order valence-electron chi connectivity index (χ2n) is 4.65. The van der Waals surface area contributed by atoms with Gasteiger partial charge in [0.15, 0.2) is 0 Å². The Hall–Kier alpha value is -2.08. The maximum atomic E-state index is 11.8. The molecule has 0 fully saturated rings. The lowest BCUT2D eigenvalue weighted by Crippen LogP contribution is -2.43. The number of aryl methyl sites for hydroxylation is 2. The minimum atomic E-state index is -1.09. The predicted octanol–water partition coefficient (Wildman–Crippen LogP) is 1.91. The number of carboxylic acids is 1. The van der Waals surface area contributed by atoms with Crippen LogP contribution in [-0.4, -0.2) is 36.9 Å². The molecule has 1 rings (SSSR count). The van der Waals surface area contributed by atoms with Crippen molar-refractivity contribution in [3.8, 4) is 0 Å². The molecule has 0 saturated heterocycles. The molecule has 0 aliphatic heterocycles. The van der Waals surface area contributed by atoms with Crippen molar-refractivity contribution < 1.29 is 19.4 Å². The van der Waals surface area contributed by atoms with Gasteiger partial charge in [0.25, 0.3) is 0 Å². The Balaban J connectivity index is 2.63. The Labute approximate surface area is 118 Å². The number of urea groups is 1. The largest absolute Gasteiger partial charge is 0.480 e. The van der Waals surface area contributed by atoms with Crippen molar-refractivity contribution in [1.82, 2.24) is 5.32 Å². The number of hydrogen-bond donors (Lipinski definition) is 3. The van der Waals surface area contributed by atoms with Gasteiger partial charge in [-0.25, -0.2) is 9.59 Å². The molecule has 6 nitrogen and oxygen atoms in total. The van der Waals surface area contributed by atoms with Crippen molar-refractivity contribution in [3.05, 3.63) is 29.3 Å². The topological polar surface area (TPSA) is 87.7 Å². The molecular weight excluding hydrogens is 260 g/mol. The lowest BCUT2D eigenvalue weighted by molar-refractivity contribution is -0.139. The zero-order valence-electron chi connectivity index (χ0n) is 11.9. The monoisotopic (exact) mass is 280 g/mol. The van der Waals surface area contributed by atoms with Crippen LogP contribution >= 0.6 is 0 Å². The van der Waals surface area contributed by atoms with Gasteiger partial charge in [-0.15, -0.1) is 0 Å². The normalized spacial score (nSPS) is 11.8. The SMILES string of the molecule is COCCC(NC(=O)Nc1cc(C)cc(C)c1)C(=O)O. The predicted molar refractivity (Wildman–Crippen MR) is 76.0 cm³/mol. The molecular formula is C14H20N2O4. The molecule has 1 unspecified atom stereocenters. The highest BCUT2D eigenvalue weighted by molar-refractivity contribution is 5.92. The third-order valence-electron chi connectivity index (χ3n) is 2.69. The van der Waals surface area contributed by atoms with E-state index in [0.29, 0.717) is 5.69 Å². The first kappa shape index (κ1) is 16.0. The van der Waals surface area contributed by atoms with E-state index in [9.17, 15) is 9.59 Å². The lowest BCUT2D eigenvalue weighted by atomic mass is 10.1. The van der Waals surface area contributed by atoms with Crippen LogP contribution < -0.4 is 10.6 Å². The van der Waals surface area contributed by atoms with Gasteiger partial charge in [-0.2, -0.15) is 0 Å². The van der Waals surface area contributed by atoms with Crippen LogP contribution in [0.15, 0.2) is 18.2 Å². The summed E-state index contributed by atoms with van der Waals surface area (Å²) in [6, 6.07) is 4.11. The second kappa shape index (κ2) is 7.49. The molecule has 2 amide bonds. The zero-order chi connectivity index (χ0) is 15.1. The van der Waals surface area contributed by atoms with Crippen molar-refractivity contribution in [2.75, 3.05) is 19.0 Å². The number of carbonyl (C=O) groups excluding carboxylic acids is 1. The number of carbonyl (C=O) groups is 2. The van der Waals surface area contributed by atoms with E-state index in [2.05, 4.69) is 10.6 Å². The summed E-state index contributed by atoms with van der Waals surface area (Å²) in [6.07, 6.45) is 0.214. The lowest BCUT2D eigenvalue weighted by Gasteiger charge is -2.15. The molecule has 0 saturated carbocycles. The molecule has 1 atom stereocenters. The van der Waals surface area contributed by atoms with Gasteiger partial charge in [0.2, 0.25) is 0 Å². The minimum absolute atomic E-state index is 0.214. The number of ether oxygens (including phenoxy) is 1. The van der Waals surface area contributed by atoms with E-state index in [1.165, 1.54) is 7.11 Å². The van der Waals surface area contributed by atoms with Crippen molar-refractivity contribution in [2.24, 2.45) is 0 Å². The maximum Gasteiger partial charge on any atom is 0.326 e. The van der Waals surface area contributed by atoms with Gasteiger partial charge in [0.05, 0.1) is 0 Å². The van der Waals surface area contributed by atoms with Gasteiger partial charge >= 0.3 is 12.0 Å². The molecule has 1 aromatic carbocycles. The smallest absolute Gasteiger partial charge is 0.326 e. The second-order valence-corrected chi connectivity index (χ2v) is 4.65. The van der Waals surface area contributed by atoms with E-state index in [-0.39, 0.29) is 13.0 Å². The van der Waals surface area contributed by atoms with Gasteiger partial charge in [0, 0.05) is 25.8 Å². The molecule has 0 aliphatic rings. The number of benzene rings is 1. The summed E-state index contributed by atoms with van der Waals surface area (Å²) in [7, 11) is 1.48. The minimum Gasteiger partial charge on any atom is -0.480 e. The Bertz CT molecular complexity index is 468. The average molecular weight is 280 g/mol. The number of hydrogen-bond acceptors (Lipinski definition) is 3. The van der Waals surface area contributed by atoms with E-state index < -0.39 is 18.0 Å². The summed E-state index contributed by atoms with van der Waals surface area (Å²) >= 11 is 0. The van der Waals surface area contributed by atoms with Crippen LogP contribution in [-0.2, 0) is 9.53 Å². The summed E-state index contributed by atoms with van der Waals surface area (Å²) in [6.45, 7) is 4.12. The fourth-order valence-electron chi connectivity index (χ4n) is 1.87. The quantitative estimate of drug-likeness (QED) is 0.743. The third kappa shape index (κ3) is 5.27. The summed E-state index contributed by atoms with van der Waals surface area (Å²) in [5, 5.41) is 14.0. The van der Waals surface area contributed by atoms with Crippen molar-refractivity contribution >= 4 is 17.7 Å². The highest BCUT2D eigenvalue weighted by Crippen LogP contribution is 2.13. The Morgan fingerprint density at radius 3 is 2.35 bits per heavy atom. The molecule has 1 aromatic rings. The van der Waals surface area contributed by atoms with Crippen molar-refractivity contribution in [1.29, 1.82) is 0 Å². The van der Waals surface area contributed by atoms with E-state index in [1.54, 1.807) is 0 Å². The van der Waals surface area contributed by atoms with Crippen LogP contribution in [0.1, 0.15) is 17.5 Å². The highest BCUT2D eigenvalue weighted by Gasteiger charge is 2.19. The van der Waals surface area contributed by atoms with E-state index in [1.807, 2.05) is 32.0 Å². The average Bonchev–Trinajstić information content (AvgIpc) is 2.32. The molecule has 6 heteroatoms. The molecule has 3 N–H and O–H groups in total. The third-order valence-corrected chi connectivity index (χ3v) is 2.69. The molecule has 0 heterocycles. The van der Waals surface area contributed by atoms with Crippen molar-refractivity contribution in [3.63, 3.8) is 0 Å². The first-order valence-electron chi connectivity index (χ1n) is 6.30. The van der Waals surface area contributed by atoms with Crippen molar-refractivity contribution in [2.45, 2.75) is 26.3 Å². The van der Waals surface area contributed by atoms with Crippen LogP contribution in [0.2, 0.25) is 0 Å². The summed E-state index contributed by atoms with van der Waals surface area (Å²) in [4.78, 5) is 22.8. The number of methoxy groups -OCH3 is 1. The summed E-state index contributed by atoms with van der Waals surface area (Å²) in [5.41, 5.74) is 2.68. The van der Waals surface area contributed by atoms with Crippen LogP contribution in [0.5, 0.6) is 0 Å².